The highest BCUT2D eigenvalue weighted by Gasteiger charge is 2.41. The molecule has 2 amide bonds. The number of hydrogen-bond donors (Lipinski definition) is 1. The molecule has 3 rings (SSSR count). The number of aryl methyl sites for hydroxylation is 1. The van der Waals surface area contributed by atoms with Gasteiger partial charge in [0.25, 0.3) is 0 Å². The molecule has 14 heteroatoms. The van der Waals surface area contributed by atoms with E-state index in [1.165, 1.54) is 32.0 Å². The number of alkyl halides is 6. The predicted molar refractivity (Wildman–Crippen MR) is 165 cm³/mol. The van der Waals surface area contributed by atoms with Gasteiger partial charge in [0.05, 0.1) is 35.0 Å². The van der Waals surface area contributed by atoms with Gasteiger partial charge in [-0.1, -0.05) is 24.3 Å². The van der Waals surface area contributed by atoms with Gasteiger partial charge < -0.3 is 19.8 Å². The summed E-state index contributed by atoms with van der Waals surface area (Å²) >= 11 is 0. The minimum Gasteiger partial charge on any atom is -0.481 e. The monoisotopic (exact) mass is 666 g/mol. The number of carbonyl (C=O) groups excluding carboxylic acids is 2. The third kappa shape index (κ3) is 8.80. The van der Waals surface area contributed by atoms with E-state index in [0.29, 0.717) is 29.1 Å². The van der Waals surface area contributed by atoms with E-state index in [1.807, 2.05) is 13.0 Å². The van der Waals surface area contributed by atoms with Crippen LogP contribution in [0.25, 0.3) is 11.1 Å². The Hall–Kier alpha value is -4.62. The zero-order valence-electron chi connectivity index (χ0n) is 26.8. The molecule has 0 radical (unpaired) electrons. The van der Waals surface area contributed by atoms with Gasteiger partial charge in [-0.2, -0.15) is 26.3 Å². The summed E-state index contributed by atoms with van der Waals surface area (Å²) in [6.45, 7) is 4.46. The molecule has 0 bridgehead atoms. The van der Waals surface area contributed by atoms with Crippen molar-refractivity contribution in [1.29, 1.82) is 0 Å². The fourth-order valence-electron chi connectivity index (χ4n) is 4.97. The molecule has 0 saturated heterocycles. The standard InChI is InChI=1S/C33H36F6N4O4/c1-20-10-7-8-11-24(20)25-17-27(42(5)19-28(44)41(4)13-9-12-29(45)46)40-18-26(25)43(6)30(47)31(2,3)21-14-22(32(34,35)36)16-23(15-21)33(37,38)39/h7-8,10-11,14-18H,9,12-13,19H2,1-6H3,(H,45,46). The van der Waals surface area contributed by atoms with E-state index in [9.17, 15) is 40.7 Å². The number of amides is 2. The second-order valence-electron chi connectivity index (χ2n) is 11.8. The third-order valence-electron chi connectivity index (χ3n) is 7.89. The molecule has 1 heterocycles. The van der Waals surface area contributed by atoms with Crippen LogP contribution in [0.5, 0.6) is 0 Å². The van der Waals surface area contributed by atoms with Crippen molar-refractivity contribution in [2.24, 2.45) is 0 Å². The van der Waals surface area contributed by atoms with Crippen molar-refractivity contribution in [1.82, 2.24) is 9.88 Å². The van der Waals surface area contributed by atoms with E-state index in [2.05, 4.69) is 4.98 Å². The summed E-state index contributed by atoms with van der Waals surface area (Å²) in [5.41, 5.74) is -3.17. The summed E-state index contributed by atoms with van der Waals surface area (Å²) in [4.78, 5) is 46.1. The average Bonchev–Trinajstić information content (AvgIpc) is 2.98. The highest BCUT2D eigenvalue weighted by molar-refractivity contribution is 6.03. The Morgan fingerprint density at radius 1 is 0.830 bits per heavy atom. The van der Waals surface area contributed by atoms with Crippen LogP contribution in [0.2, 0.25) is 0 Å². The first-order valence-corrected chi connectivity index (χ1v) is 14.5. The molecule has 47 heavy (non-hydrogen) atoms. The number of aliphatic carboxylic acids is 1. The van der Waals surface area contributed by atoms with Crippen molar-refractivity contribution < 1.29 is 45.8 Å². The van der Waals surface area contributed by atoms with Gasteiger partial charge in [0.2, 0.25) is 11.8 Å². The van der Waals surface area contributed by atoms with Crippen molar-refractivity contribution in [3.63, 3.8) is 0 Å². The molecule has 0 spiro atoms. The molecule has 2 aromatic carbocycles. The van der Waals surface area contributed by atoms with Gasteiger partial charge in [0.15, 0.2) is 0 Å². The molecule has 254 valence electrons. The lowest BCUT2D eigenvalue weighted by Gasteiger charge is -2.32. The second-order valence-corrected chi connectivity index (χ2v) is 11.8. The minimum atomic E-state index is -5.08. The number of nitrogens with zero attached hydrogens (tertiary/aromatic N) is 4. The van der Waals surface area contributed by atoms with E-state index >= 15 is 0 Å². The minimum absolute atomic E-state index is 0.0156. The molecule has 0 fully saturated rings. The van der Waals surface area contributed by atoms with Gasteiger partial charge in [-0.15, -0.1) is 0 Å². The van der Waals surface area contributed by atoms with Crippen molar-refractivity contribution in [2.45, 2.75) is 51.4 Å². The summed E-state index contributed by atoms with van der Waals surface area (Å²) in [5, 5.41) is 8.85. The maximum absolute atomic E-state index is 14.0. The van der Waals surface area contributed by atoms with Gasteiger partial charge in [0, 0.05) is 39.7 Å². The smallest absolute Gasteiger partial charge is 0.416 e. The van der Waals surface area contributed by atoms with E-state index in [0.717, 1.165) is 10.5 Å². The number of hydrogen-bond acceptors (Lipinski definition) is 5. The van der Waals surface area contributed by atoms with Crippen LogP contribution in [-0.2, 0) is 32.2 Å². The molecule has 8 nitrogen and oxygen atoms in total. The molecule has 1 aromatic heterocycles. The molecule has 0 atom stereocenters. The summed E-state index contributed by atoms with van der Waals surface area (Å²) in [5.74, 6) is -1.72. The number of carbonyl (C=O) groups is 3. The summed E-state index contributed by atoms with van der Waals surface area (Å²) in [6, 6.07) is 9.93. The number of halogens is 6. The molecule has 0 aliphatic heterocycles. The summed E-state index contributed by atoms with van der Waals surface area (Å²) in [7, 11) is 4.54. The molecule has 0 aliphatic carbocycles. The van der Waals surface area contributed by atoms with Crippen LogP contribution in [0.1, 0.15) is 48.9 Å². The summed E-state index contributed by atoms with van der Waals surface area (Å²) < 4.78 is 81.7. The van der Waals surface area contributed by atoms with Gasteiger partial charge in [-0.25, -0.2) is 4.98 Å². The maximum atomic E-state index is 14.0. The molecular weight excluding hydrogens is 630 g/mol. The van der Waals surface area contributed by atoms with Crippen LogP contribution in [-0.4, -0.2) is 67.0 Å². The highest BCUT2D eigenvalue weighted by atomic mass is 19.4. The predicted octanol–water partition coefficient (Wildman–Crippen LogP) is 6.79. The summed E-state index contributed by atoms with van der Waals surface area (Å²) in [6.07, 6.45) is -8.62. The number of carboxylic acids is 1. The van der Waals surface area contributed by atoms with E-state index in [4.69, 9.17) is 5.11 Å². The van der Waals surface area contributed by atoms with Gasteiger partial charge in [0.1, 0.15) is 5.82 Å². The van der Waals surface area contributed by atoms with Crippen LogP contribution >= 0.6 is 0 Å². The third-order valence-corrected chi connectivity index (χ3v) is 7.89. The Kier molecular flexibility index (Phi) is 11.0. The van der Waals surface area contributed by atoms with Crippen LogP contribution < -0.4 is 9.80 Å². The van der Waals surface area contributed by atoms with Gasteiger partial charge in [-0.05, 0) is 68.1 Å². The Balaban J connectivity index is 2.04. The van der Waals surface area contributed by atoms with Crippen LogP contribution in [0.4, 0.5) is 37.8 Å². The molecule has 1 N–H and O–H groups in total. The average molecular weight is 667 g/mol. The fourth-order valence-corrected chi connectivity index (χ4v) is 4.97. The first-order valence-electron chi connectivity index (χ1n) is 14.5. The number of benzene rings is 2. The molecule has 0 aliphatic rings. The lowest BCUT2D eigenvalue weighted by Crippen LogP contribution is -2.42. The second kappa shape index (κ2) is 14.0. The SMILES string of the molecule is Cc1ccccc1-c1cc(N(C)CC(=O)N(C)CCCC(=O)O)ncc1N(C)C(=O)C(C)(C)c1cc(C(F)(F)F)cc(C(F)(F)F)c1. The number of anilines is 2. The van der Waals surface area contributed by atoms with Gasteiger partial charge >= 0.3 is 18.3 Å². The van der Waals surface area contributed by atoms with Gasteiger partial charge in [-0.3, -0.25) is 14.4 Å². The number of pyridine rings is 1. The number of likely N-dealkylation sites (N-methyl/N-ethyl adjacent to an activating group) is 3. The largest absolute Gasteiger partial charge is 0.481 e. The van der Waals surface area contributed by atoms with Crippen molar-refractivity contribution >= 4 is 29.3 Å². The quantitative estimate of drug-likeness (QED) is 0.227. The highest BCUT2D eigenvalue weighted by Crippen LogP contribution is 2.41. The lowest BCUT2D eigenvalue weighted by atomic mass is 9.81. The zero-order chi connectivity index (χ0) is 35.5. The molecule has 0 saturated carbocycles. The normalized spacial score (nSPS) is 12.1. The lowest BCUT2D eigenvalue weighted by molar-refractivity contribution is -0.143. The first-order chi connectivity index (χ1) is 21.6. The zero-order valence-corrected chi connectivity index (χ0v) is 26.8. The Morgan fingerprint density at radius 2 is 1.38 bits per heavy atom. The Morgan fingerprint density at radius 3 is 1.91 bits per heavy atom. The van der Waals surface area contributed by atoms with E-state index in [1.54, 1.807) is 43.3 Å². The molecular formula is C33H36F6N4O4. The Bertz CT molecular complexity index is 1610. The number of rotatable bonds is 11. The van der Waals surface area contributed by atoms with E-state index in [-0.39, 0.29) is 43.6 Å². The number of carboxylic acid groups (broad SMARTS) is 1. The van der Waals surface area contributed by atoms with Crippen LogP contribution in [0.15, 0.2) is 54.7 Å². The molecule has 3 aromatic rings. The maximum Gasteiger partial charge on any atom is 0.416 e. The Labute approximate surface area is 268 Å². The first kappa shape index (κ1) is 36.8. The van der Waals surface area contributed by atoms with Crippen LogP contribution in [0.3, 0.4) is 0 Å². The topological polar surface area (TPSA) is 94.1 Å². The van der Waals surface area contributed by atoms with Crippen LogP contribution in [0, 0.1) is 6.92 Å². The van der Waals surface area contributed by atoms with E-state index < -0.39 is 46.3 Å². The van der Waals surface area contributed by atoms with Crippen molar-refractivity contribution in [2.75, 3.05) is 44.0 Å². The van der Waals surface area contributed by atoms with Crippen molar-refractivity contribution in [3.8, 4) is 11.1 Å². The van der Waals surface area contributed by atoms with Crippen molar-refractivity contribution in [3.05, 3.63) is 77.0 Å². The fraction of sp³-hybridized carbons (Fsp3) is 0.394. The number of aromatic nitrogens is 1. The molecule has 0 unspecified atom stereocenters.